The lowest BCUT2D eigenvalue weighted by atomic mass is 10.1. The van der Waals surface area contributed by atoms with Gasteiger partial charge in [0.05, 0.1) is 0 Å². The molecule has 0 radical (unpaired) electrons. The van der Waals surface area contributed by atoms with Crippen LogP contribution in [0.3, 0.4) is 0 Å². The summed E-state index contributed by atoms with van der Waals surface area (Å²) in [4.78, 5) is 8.47. The van der Waals surface area contributed by atoms with Crippen molar-refractivity contribution in [1.29, 1.82) is 0 Å². The van der Waals surface area contributed by atoms with Gasteiger partial charge in [0, 0.05) is 11.9 Å². The normalized spacial score (nSPS) is 9.46. The van der Waals surface area contributed by atoms with E-state index in [2.05, 4.69) is 30.7 Å². The van der Waals surface area contributed by atoms with Crippen molar-refractivity contribution in [1.82, 2.24) is 9.97 Å². The zero-order chi connectivity index (χ0) is 10.4. The van der Waals surface area contributed by atoms with E-state index in [0.29, 0.717) is 5.92 Å². The van der Waals surface area contributed by atoms with Gasteiger partial charge in [-0.3, -0.25) is 0 Å². The minimum Gasteiger partial charge on any atom is -0.241 e. The summed E-state index contributed by atoms with van der Waals surface area (Å²) in [5.74, 6) is 1.36. The fourth-order valence-electron chi connectivity index (χ4n) is 1.13. The fraction of sp³-hybridized carbons (Fsp3) is 0.636. The molecule has 0 saturated heterocycles. The van der Waals surface area contributed by atoms with Crippen molar-refractivity contribution in [3.8, 4) is 0 Å². The quantitative estimate of drug-likeness (QED) is 0.663. The summed E-state index contributed by atoms with van der Waals surface area (Å²) < 4.78 is 0. The summed E-state index contributed by atoms with van der Waals surface area (Å²) in [6.07, 6.45) is 1.89. The molecule has 1 aromatic heterocycles. The molecule has 1 rings (SSSR count). The molecule has 0 unspecified atom stereocenters. The molecule has 1 heterocycles. The van der Waals surface area contributed by atoms with Gasteiger partial charge in [0.2, 0.25) is 0 Å². The van der Waals surface area contributed by atoms with Gasteiger partial charge in [0.1, 0.15) is 5.82 Å². The molecular weight excluding hydrogens is 160 g/mol. The molecule has 74 valence electrons. The fourth-order valence-corrected chi connectivity index (χ4v) is 1.13. The molecular formula is C11H20N2. The second-order valence-corrected chi connectivity index (χ2v) is 3.14. The Balaban J connectivity index is 0.000000671. The van der Waals surface area contributed by atoms with Crippen LogP contribution in [0.5, 0.6) is 0 Å². The highest BCUT2D eigenvalue weighted by Gasteiger charge is 2.04. The van der Waals surface area contributed by atoms with E-state index in [4.69, 9.17) is 0 Å². The average Bonchev–Trinajstić information content (AvgIpc) is 2.12. The Morgan fingerprint density at radius 1 is 1.15 bits per heavy atom. The van der Waals surface area contributed by atoms with Crippen LogP contribution in [0.4, 0.5) is 0 Å². The molecule has 0 fully saturated rings. The second kappa shape index (κ2) is 5.68. The van der Waals surface area contributed by atoms with Gasteiger partial charge in [0.15, 0.2) is 0 Å². The van der Waals surface area contributed by atoms with Crippen molar-refractivity contribution in [3.05, 3.63) is 23.3 Å². The van der Waals surface area contributed by atoms with Crippen LogP contribution in [0.2, 0.25) is 0 Å². The Bertz CT molecular complexity index is 254. The maximum Gasteiger partial charge on any atom is 0.125 e. The molecule has 0 spiro atoms. The van der Waals surface area contributed by atoms with Crippen LogP contribution in [0, 0.1) is 13.8 Å². The maximum atomic E-state index is 4.36. The molecule has 0 N–H and O–H groups in total. The highest BCUT2D eigenvalue weighted by molar-refractivity contribution is 5.18. The third-order valence-electron chi connectivity index (χ3n) is 1.68. The largest absolute Gasteiger partial charge is 0.241 e. The van der Waals surface area contributed by atoms with Crippen LogP contribution in [0.25, 0.3) is 0 Å². The molecule has 0 saturated carbocycles. The summed E-state index contributed by atoms with van der Waals surface area (Å²) in [5.41, 5.74) is 2.35. The third kappa shape index (κ3) is 3.53. The van der Waals surface area contributed by atoms with E-state index in [0.717, 1.165) is 11.5 Å². The molecule has 2 nitrogen and oxygen atoms in total. The Labute approximate surface area is 81.4 Å². The first-order chi connectivity index (χ1) is 6.11. The van der Waals surface area contributed by atoms with Crippen LogP contribution >= 0.6 is 0 Å². The van der Waals surface area contributed by atoms with Gasteiger partial charge in [-0.15, -0.1) is 0 Å². The summed E-state index contributed by atoms with van der Waals surface area (Å²) in [6.45, 7) is 12.3. The molecule has 1 aromatic rings. The zero-order valence-corrected chi connectivity index (χ0v) is 9.55. The molecule has 0 aliphatic heterocycles. The molecule has 0 amide bonds. The highest BCUT2D eigenvalue weighted by Crippen LogP contribution is 2.14. The van der Waals surface area contributed by atoms with Gasteiger partial charge in [-0.05, 0) is 25.3 Å². The van der Waals surface area contributed by atoms with E-state index in [1.807, 2.05) is 27.0 Å². The summed E-state index contributed by atoms with van der Waals surface area (Å²) >= 11 is 0. The van der Waals surface area contributed by atoms with E-state index in [1.54, 1.807) is 0 Å². The van der Waals surface area contributed by atoms with E-state index in [9.17, 15) is 0 Å². The van der Waals surface area contributed by atoms with Gasteiger partial charge in [0.25, 0.3) is 0 Å². The van der Waals surface area contributed by atoms with E-state index >= 15 is 0 Å². The van der Waals surface area contributed by atoms with Crippen LogP contribution in [-0.4, -0.2) is 9.97 Å². The van der Waals surface area contributed by atoms with E-state index in [-0.39, 0.29) is 0 Å². The molecule has 0 atom stereocenters. The molecule has 2 heteroatoms. The Morgan fingerprint density at radius 3 is 2.08 bits per heavy atom. The first-order valence-electron chi connectivity index (χ1n) is 4.91. The van der Waals surface area contributed by atoms with Crippen LogP contribution in [-0.2, 0) is 0 Å². The maximum absolute atomic E-state index is 4.36. The molecule has 0 aromatic carbocycles. The van der Waals surface area contributed by atoms with Gasteiger partial charge < -0.3 is 0 Å². The summed E-state index contributed by atoms with van der Waals surface area (Å²) in [6, 6.07) is 0. The van der Waals surface area contributed by atoms with Crippen molar-refractivity contribution in [2.45, 2.75) is 47.5 Å². The van der Waals surface area contributed by atoms with Crippen LogP contribution in [0.15, 0.2) is 6.20 Å². The monoisotopic (exact) mass is 180 g/mol. The standard InChI is InChI=1S/C9H14N2.C2H6/c1-6(2)9-7(3)5-10-8(4)11-9;1-2/h5-6H,1-4H3;1-2H3. The number of nitrogens with zero attached hydrogens (tertiary/aromatic N) is 2. The Hall–Kier alpha value is -0.920. The van der Waals surface area contributed by atoms with Crippen molar-refractivity contribution in [3.63, 3.8) is 0 Å². The topological polar surface area (TPSA) is 25.8 Å². The number of aryl methyl sites for hydroxylation is 2. The lowest BCUT2D eigenvalue weighted by Gasteiger charge is -2.07. The summed E-state index contributed by atoms with van der Waals surface area (Å²) in [7, 11) is 0. The predicted molar refractivity (Wildman–Crippen MR) is 56.9 cm³/mol. The number of hydrogen-bond donors (Lipinski definition) is 0. The van der Waals surface area contributed by atoms with Crippen molar-refractivity contribution < 1.29 is 0 Å². The minimum atomic E-state index is 0.497. The summed E-state index contributed by atoms with van der Waals surface area (Å²) in [5, 5.41) is 0. The van der Waals surface area contributed by atoms with Gasteiger partial charge >= 0.3 is 0 Å². The lowest BCUT2D eigenvalue weighted by Crippen LogP contribution is -2.00. The van der Waals surface area contributed by atoms with E-state index < -0.39 is 0 Å². The van der Waals surface area contributed by atoms with Crippen LogP contribution in [0.1, 0.15) is 50.7 Å². The van der Waals surface area contributed by atoms with Crippen molar-refractivity contribution in [2.75, 3.05) is 0 Å². The van der Waals surface area contributed by atoms with E-state index in [1.165, 1.54) is 5.56 Å². The zero-order valence-electron chi connectivity index (χ0n) is 9.55. The number of aromatic nitrogens is 2. The SMILES string of the molecule is CC.Cc1ncc(C)c(C(C)C)n1. The smallest absolute Gasteiger partial charge is 0.125 e. The second-order valence-electron chi connectivity index (χ2n) is 3.14. The van der Waals surface area contributed by atoms with Gasteiger partial charge in [-0.2, -0.15) is 0 Å². The third-order valence-corrected chi connectivity index (χ3v) is 1.68. The highest BCUT2D eigenvalue weighted by atomic mass is 14.9. The van der Waals surface area contributed by atoms with Crippen LogP contribution < -0.4 is 0 Å². The van der Waals surface area contributed by atoms with Crippen molar-refractivity contribution in [2.24, 2.45) is 0 Å². The number of rotatable bonds is 1. The Kier molecular flexibility index (Phi) is 5.28. The minimum absolute atomic E-state index is 0.497. The number of hydrogen-bond acceptors (Lipinski definition) is 2. The molecule has 0 aliphatic carbocycles. The first kappa shape index (κ1) is 12.1. The lowest BCUT2D eigenvalue weighted by molar-refractivity contribution is 0.789. The van der Waals surface area contributed by atoms with Gasteiger partial charge in [-0.25, -0.2) is 9.97 Å². The average molecular weight is 180 g/mol. The van der Waals surface area contributed by atoms with Gasteiger partial charge in [-0.1, -0.05) is 27.7 Å². The molecule has 0 bridgehead atoms. The van der Waals surface area contributed by atoms with Crippen molar-refractivity contribution >= 4 is 0 Å². The molecule has 13 heavy (non-hydrogen) atoms. The Morgan fingerprint density at radius 2 is 1.69 bits per heavy atom. The first-order valence-corrected chi connectivity index (χ1v) is 4.91. The molecule has 0 aliphatic rings. The predicted octanol–water partition coefficient (Wildman–Crippen LogP) is 3.24.